The van der Waals surface area contributed by atoms with E-state index in [1.54, 1.807) is 4.90 Å². The van der Waals surface area contributed by atoms with Crippen molar-refractivity contribution >= 4 is 17.5 Å². The monoisotopic (exact) mass is 405 g/mol. The van der Waals surface area contributed by atoms with E-state index in [0.717, 1.165) is 5.56 Å². The van der Waals surface area contributed by atoms with Crippen LogP contribution in [-0.4, -0.2) is 53.5 Å². The molecule has 156 valence electrons. The fourth-order valence-corrected chi connectivity index (χ4v) is 3.84. The second kappa shape index (κ2) is 8.69. The molecule has 2 aromatic rings. The van der Waals surface area contributed by atoms with Gasteiger partial charge in [-0.05, 0) is 29.2 Å². The zero-order chi connectivity index (χ0) is 21.1. The first-order valence-corrected chi connectivity index (χ1v) is 10.5. The number of hydrogen-bond donors (Lipinski definition) is 0. The zero-order valence-corrected chi connectivity index (χ0v) is 17.5. The molecular formula is C24H27N3O3. The number of carbonyl (C=O) groups excluding carboxylic acids is 2. The number of piperazine rings is 1. The van der Waals surface area contributed by atoms with Crippen molar-refractivity contribution < 1.29 is 14.4 Å². The molecule has 2 aliphatic rings. The Balaban J connectivity index is 1.31. The van der Waals surface area contributed by atoms with Crippen LogP contribution < -0.4 is 0 Å². The maximum absolute atomic E-state index is 12.8. The number of nitrogens with zero attached hydrogens (tertiary/aromatic N) is 3. The van der Waals surface area contributed by atoms with E-state index in [1.165, 1.54) is 5.56 Å². The van der Waals surface area contributed by atoms with Gasteiger partial charge in [0.1, 0.15) is 5.71 Å². The van der Waals surface area contributed by atoms with Crippen LogP contribution in [0, 0.1) is 0 Å². The first-order valence-electron chi connectivity index (χ1n) is 10.5. The van der Waals surface area contributed by atoms with Crippen molar-refractivity contribution in [2.45, 2.75) is 32.3 Å². The number of rotatable bonds is 4. The lowest BCUT2D eigenvalue weighted by Crippen LogP contribution is -2.52. The van der Waals surface area contributed by atoms with E-state index < -0.39 is 0 Å². The van der Waals surface area contributed by atoms with Gasteiger partial charge in [0.15, 0.2) is 6.10 Å². The molecule has 2 heterocycles. The van der Waals surface area contributed by atoms with E-state index in [1.807, 2.05) is 59.5 Å². The smallest absolute Gasteiger partial charge is 0.271 e. The van der Waals surface area contributed by atoms with Crippen LogP contribution in [-0.2, 0) is 9.63 Å². The van der Waals surface area contributed by atoms with E-state index in [4.69, 9.17) is 4.84 Å². The van der Waals surface area contributed by atoms with Gasteiger partial charge in [-0.3, -0.25) is 9.59 Å². The van der Waals surface area contributed by atoms with Gasteiger partial charge in [-0.1, -0.05) is 61.5 Å². The summed E-state index contributed by atoms with van der Waals surface area (Å²) in [5, 5.41) is 4.04. The van der Waals surface area contributed by atoms with Crippen molar-refractivity contribution in [3.63, 3.8) is 0 Å². The Morgan fingerprint density at radius 2 is 1.50 bits per heavy atom. The highest BCUT2D eigenvalue weighted by Crippen LogP contribution is 2.27. The molecular weight excluding hydrogens is 378 g/mol. The summed E-state index contributed by atoms with van der Waals surface area (Å²) >= 11 is 0. The van der Waals surface area contributed by atoms with Gasteiger partial charge in [-0.15, -0.1) is 0 Å². The number of oxime groups is 1. The zero-order valence-electron chi connectivity index (χ0n) is 17.5. The molecule has 0 N–H and O–H groups in total. The van der Waals surface area contributed by atoms with Crippen LogP contribution >= 0.6 is 0 Å². The number of benzene rings is 2. The van der Waals surface area contributed by atoms with E-state index in [-0.39, 0.29) is 17.9 Å². The third kappa shape index (κ3) is 4.22. The summed E-state index contributed by atoms with van der Waals surface area (Å²) in [6, 6.07) is 17.6. The molecule has 0 spiro atoms. The molecule has 6 heteroatoms. The minimum atomic E-state index is -0.207. The van der Waals surface area contributed by atoms with Crippen molar-refractivity contribution in [1.29, 1.82) is 0 Å². The van der Waals surface area contributed by atoms with Crippen LogP contribution in [0.3, 0.4) is 0 Å². The van der Waals surface area contributed by atoms with E-state index in [0.29, 0.717) is 49.8 Å². The maximum Gasteiger partial charge on any atom is 0.271 e. The molecule has 1 saturated heterocycles. The molecule has 0 radical (unpaired) electrons. The molecule has 2 amide bonds. The molecule has 2 aromatic carbocycles. The lowest BCUT2D eigenvalue weighted by molar-refractivity contribution is -0.125. The summed E-state index contributed by atoms with van der Waals surface area (Å²) in [7, 11) is 0. The van der Waals surface area contributed by atoms with Gasteiger partial charge in [-0.25, -0.2) is 0 Å². The van der Waals surface area contributed by atoms with Gasteiger partial charge in [0, 0.05) is 38.2 Å². The van der Waals surface area contributed by atoms with Crippen molar-refractivity contribution in [1.82, 2.24) is 9.80 Å². The lowest BCUT2D eigenvalue weighted by atomic mass is 10.0. The second-order valence-corrected chi connectivity index (χ2v) is 8.11. The fraction of sp³-hybridized carbons (Fsp3) is 0.375. The predicted molar refractivity (Wildman–Crippen MR) is 115 cm³/mol. The molecule has 0 aromatic heterocycles. The topological polar surface area (TPSA) is 62.2 Å². The molecule has 0 bridgehead atoms. The molecule has 1 unspecified atom stereocenters. The molecule has 0 saturated carbocycles. The van der Waals surface area contributed by atoms with Gasteiger partial charge < -0.3 is 14.6 Å². The molecule has 0 aliphatic carbocycles. The van der Waals surface area contributed by atoms with Crippen molar-refractivity contribution in [2.75, 3.05) is 26.2 Å². The van der Waals surface area contributed by atoms with Crippen LogP contribution in [0.1, 0.15) is 53.8 Å². The van der Waals surface area contributed by atoms with Gasteiger partial charge >= 0.3 is 0 Å². The lowest BCUT2D eigenvalue weighted by Gasteiger charge is -2.34. The summed E-state index contributed by atoms with van der Waals surface area (Å²) < 4.78 is 0. The predicted octanol–water partition coefficient (Wildman–Crippen LogP) is 3.61. The highest BCUT2D eigenvalue weighted by atomic mass is 16.6. The average molecular weight is 405 g/mol. The Morgan fingerprint density at radius 3 is 2.10 bits per heavy atom. The Hall–Kier alpha value is -3.15. The first kappa shape index (κ1) is 20.1. The van der Waals surface area contributed by atoms with E-state index in [9.17, 15) is 9.59 Å². The van der Waals surface area contributed by atoms with E-state index >= 15 is 0 Å². The van der Waals surface area contributed by atoms with E-state index in [2.05, 4.69) is 19.0 Å². The van der Waals surface area contributed by atoms with Gasteiger partial charge in [0.25, 0.3) is 11.8 Å². The minimum absolute atomic E-state index is 0.0167. The molecule has 4 rings (SSSR count). The molecule has 30 heavy (non-hydrogen) atoms. The third-order valence-electron chi connectivity index (χ3n) is 5.77. The highest BCUT2D eigenvalue weighted by molar-refractivity contribution is 6.39. The summed E-state index contributed by atoms with van der Waals surface area (Å²) in [4.78, 5) is 34.7. The Kier molecular flexibility index (Phi) is 5.84. The van der Waals surface area contributed by atoms with Gasteiger partial charge in [0.05, 0.1) is 0 Å². The van der Waals surface area contributed by atoms with Crippen molar-refractivity contribution in [3.8, 4) is 0 Å². The Bertz CT molecular complexity index is 930. The van der Waals surface area contributed by atoms with Crippen LogP contribution in [0.5, 0.6) is 0 Å². The number of amides is 2. The largest absolute Gasteiger partial charge is 0.387 e. The molecule has 1 fully saturated rings. The number of hydrogen-bond acceptors (Lipinski definition) is 4. The average Bonchev–Trinajstić information content (AvgIpc) is 3.29. The SMILES string of the molecule is CC(C)c1ccc(C(=O)N2CCN(C(=O)C3=NOC(c4ccccc4)C3)CC2)cc1. The third-order valence-corrected chi connectivity index (χ3v) is 5.77. The minimum Gasteiger partial charge on any atom is -0.387 e. The molecule has 1 atom stereocenters. The summed E-state index contributed by atoms with van der Waals surface area (Å²) in [5.74, 6) is 0.359. The summed E-state index contributed by atoms with van der Waals surface area (Å²) in [6.07, 6.45) is 0.270. The normalized spacial score (nSPS) is 18.9. The molecule has 6 nitrogen and oxygen atoms in total. The van der Waals surface area contributed by atoms with Crippen molar-refractivity contribution in [2.24, 2.45) is 5.16 Å². The van der Waals surface area contributed by atoms with Crippen LogP contribution in [0.4, 0.5) is 0 Å². The highest BCUT2D eigenvalue weighted by Gasteiger charge is 2.32. The molecule has 2 aliphatic heterocycles. The number of carbonyl (C=O) groups is 2. The Morgan fingerprint density at radius 1 is 0.900 bits per heavy atom. The Labute approximate surface area is 177 Å². The quantitative estimate of drug-likeness (QED) is 0.781. The van der Waals surface area contributed by atoms with Gasteiger partial charge in [-0.2, -0.15) is 0 Å². The first-order chi connectivity index (χ1) is 14.5. The van der Waals surface area contributed by atoms with Crippen LogP contribution in [0.2, 0.25) is 0 Å². The maximum atomic E-state index is 12.8. The van der Waals surface area contributed by atoms with Gasteiger partial charge in [0.2, 0.25) is 0 Å². The summed E-state index contributed by atoms with van der Waals surface area (Å²) in [6.45, 7) is 6.32. The van der Waals surface area contributed by atoms with Crippen LogP contribution in [0.25, 0.3) is 0 Å². The van der Waals surface area contributed by atoms with Crippen LogP contribution in [0.15, 0.2) is 59.8 Å². The van der Waals surface area contributed by atoms with Crippen molar-refractivity contribution in [3.05, 3.63) is 71.3 Å². The second-order valence-electron chi connectivity index (χ2n) is 8.11. The fourth-order valence-electron chi connectivity index (χ4n) is 3.84. The summed E-state index contributed by atoms with van der Waals surface area (Å²) in [5.41, 5.74) is 3.38. The standard InChI is InChI=1S/C24H27N3O3/c1-17(2)18-8-10-20(11-9-18)23(28)26-12-14-27(15-13-26)24(29)21-16-22(30-25-21)19-6-4-3-5-7-19/h3-11,17,22H,12-16H2,1-2H3.